The van der Waals surface area contributed by atoms with E-state index in [0.717, 1.165) is 19.4 Å². The number of ether oxygens (including phenoxy) is 1. The fraction of sp³-hybridized carbons (Fsp3) is 0.556. The summed E-state index contributed by atoms with van der Waals surface area (Å²) in [5, 5.41) is 9.20. The van der Waals surface area contributed by atoms with Gasteiger partial charge in [-0.2, -0.15) is 0 Å². The molecule has 0 saturated carbocycles. The lowest BCUT2D eigenvalue weighted by atomic mass is 10.0. The van der Waals surface area contributed by atoms with E-state index in [1.54, 1.807) is 19.2 Å². The maximum Gasteiger partial charge on any atom is 0.224 e. The van der Waals surface area contributed by atoms with Crippen molar-refractivity contribution in [3.63, 3.8) is 0 Å². The van der Waals surface area contributed by atoms with Crippen LogP contribution in [-0.2, 0) is 16.0 Å². The van der Waals surface area contributed by atoms with Crippen LogP contribution in [0.3, 0.4) is 0 Å². The summed E-state index contributed by atoms with van der Waals surface area (Å²) < 4.78 is 18.8. The number of benzene rings is 1. The molecule has 146 valence electrons. The van der Waals surface area contributed by atoms with Crippen LogP contribution in [0.15, 0.2) is 29.3 Å². The first kappa shape index (κ1) is 22.6. The average molecular weight is 478 g/mol. The van der Waals surface area contributed by atoms with Crippen LogP contribution in [0.5, 0.6) is 0 Å². The zero-order valence-electron chi connectivity index (χ0n) is 15.3. The number of hydrogen-bond acceptors (Lipinski definition) is 3. The third-order valence-corrected chi connectivity index (χ3v) is 4.15. The summed E-state index contributed by atoms with van der Waals surface area (Å²) in [6.07, 6.45) is 2.29. The second kappa shape index (κ2) is 11.3. The Balaban J connectivity index is 0.00000338. The van der Waals surface area contributed by atoms with Crippen molar-refractivity contribution in [2.75, 3.05) is 33.3 Å². The number of carbonyl (C=O) groups is 1. The Morgan fingerprint density at radius 3 is 2.73 bits per heavy atom. The van der Waals surface area contributed by atoms with E-state index >= 15 is 0 Å². The molecule has 0 bridgehead atoms. The minimum atomic E-state index is -0.332. The molecule has 1 atom stereocenters. The molecule has 1 amide bonds. The van der Waals surface area contributed by atoms with Crippen molar-refractivity contribution in [1.82, 2.24) is 16.0 Å². The average Bonchev–Trinajstić information content (AvgIpc) is 3.01. The Morgan fingerprint density at radius 1 is 1.31 bits per heavy atom. The van der Waals surface area contributed by atoms with Gasteiger partial charge in [-0.3, -0.25) is 9.79 Å². The summed E-state index contributed by atoms with van der Waals surface area (Å²) in [7, 11) is 1.70. The standard InChI is InChI=1S/C18H27FN4O2.HI/c1-18(7-4-10-25-18)13-23-17(20-2)22-9-8-21-16(24)12-14-5-3-6-15(19)11-14;/h3,5-6,11H,4,7-10,12-13H2,1-2H3,(H,21,24)(H2,20,22,23);1H. The van der Waals surface area contributed by atoms with Crippen molar-refractivity contribution in [3.8, 4) is 0 Å². The van der Waals surface area contributed by atoms with Gasteiger partial charge in [0.2, 0.25) is 5.91 Å². The molecule has 1 unspecified atom stereocenters. The van der Waals surface area contributed by atoms with Crippen LogP contribution >= 0.6 is 24.0 Å². The van der Waals surface area contributed by atoms with Crippen molar-refractivity contribution in [2.45, 2.75) is 31.8 Å². The number of halogens is 2. The first-order valence-electron chi connectivity index (χ1n) is 8.60. The van der Waals surface area contributed by atoms with Crippen LogP contribution in [0.2, 0.25) is 0 Å². The van der Waals surface area contributed by atoms with Gasteiger partial charge in [0.1, 0.15) is 5.82 Å². The van der Waals surface area contributed by atoms with Gasteiger partial charge in [-0.25, -0.2) is 4.39 Å². The minimum absolute atomic E-state index is 0. The van der Waals surface area contributed by atoms with Crippen molar-refractivity contribution in [3.05, 3.63) is 35.6 Å². The summed E-state index contributed by atoms with van der Waals surface area (Å²) in [4.78, 5) is 16.0. The fourth-order valence-corrected chi connectivity index (χ4v) is 2.75. The second-order valence-electron chi connectivity index (χ2n) is 6.41. The Labute approximate surface area is 171 Å². The quantitative estimate of drug-likeness (QED) is 0.242. The Hall–Kier alpha value is -1.42. The summed E-state index contributed by atoms with van der Waals surface area (Å²) in [5.41, 5.74) is 0.518. The van der Waals surface area contributed by atoms with Gasteiger partial charge < -0.3 is 20.7 Å². The van der Waals surface area contributed by atoms with Gasteiger partial charge in [0, 0.05) is 33.3 Å². The van der Waals surface area contributed by atoms with E-state index < -0.39 is 0 Å². The summed E-state index contributed by atoms with van der Waals surface area (Å²) >= 11 is 0. The maximum atomic E-state index is 13.1. The van der Waals surface area contributed by atoms with E-state index in [9.17, 15) is 9.18 Å². The van der Waals surface area contributed by atoms with Crippen LogP contribution in [-0.4, -0.2) is 50.8 Å². The molecule has 0 radical (unpaired) electrons. The minimum Gasteiger partial charge on any atom is -0.373 e. The lowest BCUT2D eigenvalue weighted by molar-refractivity contribution is -0.120. The highest BCUT2D eigenvalue weighted by molar-refractivity contribution is 14.0. The third-order valence-electron chi connectivity index (χ3n) is 4.15. The molecule has 1 aromatic carbocycles. The number of aliphatic imine (C=N–C) groups is 1. The predicted octanol–water partition coefficient (Wildman–Crippen LogP) is 1.84. The molecular formula is C18H28FIN4O2. The molecule has 1 aliphatic rings. The number of amides is 1. The topological polar surface area (TPSA) is 74.8 Å². The van der Waals surface area contributed by atoms with Gasteiger partial charge in [-0.1, -0.05) is 12.1 Å². The summed E-state index contributed by atoms with van der Waals surface area (Å²) in [5.74, 6) is 0.208. The fourth-order valence-electron chi connectivity index (χ4n) is 2.75. The molecule has 1 saturated heterocycles. The van der Waals surface area contributed by atoms with E-state index in [2.05, 4.69) is 27.9 Å². The third kappa shape index (κ3) is 7.86. The van der Waals surface area contributed by atoms with Crippen LogP contribution in [0.25, 0.3) is 0 Å². The van der Waals surface area contributed by atoms with Crippen molar-refractivity contribution >= 4 is 35.8 Å². The second-order valence-corrected chi connectivity index (χ2v) is 6.41. The predicted molar refractivity (Wildman–Crippen MR) is 111 cm³/mol. The van der Waals surface area contributed by atoms with Crippen LogP contribution in [0.1, 0.15) is 25.3 Å². The van der Waals surface area contributed by atoms with Gasteiger partial charge in [0.15, 0.2) is 5.96 Å². The van der Waals surface area contributed by atoms with E-state index in [-0.39, 0.29) is 47.7 Å². The number of nitrogens with one attached hydrogen (secondary N) is 3. The van der Waals surface area contributed by atoms with Gasteiger partial charge in [-0.05, 0) is 37.5 Å². The molecule has 1 fully saturated rings. The maximum absolute atomic E-state index is 13.1. The molecular weight excluding hydrogens is 450 g/mol. The molecule has 3 N–H and O–H groups in total. The molecule has 8 heteroatoms. The highest BCUT2D eigenvalue weighted by Crippen LogP contribution is 2.23. The molecule has 1 aromatic rings. The Morgan fingerprint density at radius 2 is 2.08 bits per heavy atom. The molecule has 0 aromatic heterocycles. The first-order valence-corrected chi connectivity index (χ1v) is 8.60. The molecule has 1 aliphatic heterocycles. The molecule has 6 nitrogen and oxygen atoms in total. The summed E-state index contributed by atoms with van der Waals surface area (Å²) in [6.45, 7) is 4.60. The normalized spacial score (nSPS) is 19.6. The van der Waals surface area contributed by atoms with Gasteiger partial charge in [0.05, 0.1) is 12.0 Å². The zero-order valence-corrected chi connectivity index (χ0v) is 17.6. The molecule has 0 aliphatic carbocycles. The van der Waals surface area contributed by atoms with Gasteiger partial charge in [0.25, 0.3) is 0 Å². The number of hydrogen-bond donors (Lipinski definition) is 3. The number of carbonyl (C=O) groups excluding carboxylic acids is 1. The van der Waals surface area contributed by atoms with Crippen molar-refractivity contribution in [1.29, 1.82) is 0 Å². The summed E-state index contributed by atoms with van der Waals surface area (Å²) in [6, 6.07) is 6.07. The van der Waals surface area contributed by atoms with Crippen LogP contribution in [0.4, 0.5) is 4.39 Å². The van der Waals surface area contributed by atoms with E-state index in [0.29, 0.717) is 31.2 Å². The molecule has 1 heterocycles. The SMILES string of the molecule is CN=C(NCCNC(=O)Cc1cccc(F)c1)NCC1(C)CCCO1.I. The number of nitrogens with zero attached hydrogens (tertiary/aromatic N) is 1. The Kier molecular flexibility index (Phi) is 9.85. The van der Waals surface area contributed by atoms with Gasteiger partial charge >= 0.3 is 0 Å². The van der Waals surface area contributed by atoms with Crippen molar-refractivity contribution < 1.29 is 13.9 Å². The largest absolute Gasteiger partial charge is 0.373 e. The highest BCUT2D eigenvalue weighted by atomic mass is 127. The van der Waals surface area contributed by atoms with Gasteiger partial charge in [-0.15, -0.1) is 24.0 Å². The lowest BCUT2D eigenvalue weighted by Crippen LogP contribution is -2.47. The van der Waals surface area contributed by atoms with E-state index in [1.165, 1.54) is 12.1 Å². The van der Waals surface area contributed by atoms with E-state index in [4.69, 9.17) is 4.74 Å². The number of rotatable bonds is 7. The molecule has 0 spiro atoms. The smallest absolute Gasteiger partial charge is 0.224 e. The lowest BCUT2D eigenvalue weighted by Gasteiger charge is -2.24. The highest BCUT2D eigenvalue weighted by Gasteiger charge is 2.29. The number of guanidine groups is 1. The van der Waals surface area contributed by atoms with Crippen LogP contribution < -0.4 is 16.0 Å². The zero-order chi connectivity index (χ0) is 18.1. The molecule has 2 rings (SSSR count). The van der Waals surface area contributed by atoms with E-state index in [1.807, 2.05) is 0 Å². The van der Waals surface area contributed by atoms with Crippen molar-refractivity contribution in [2.24, 2.45) is 4.99 Å². The molecule has 26 heavy (non-hydrogen) atoms. The monoisotopic (exact) mass is 478 g/mol. The first-order chi connectivity index (χ1) is 12.0. The van der Waals surface area contributed by atoms with Crippen LogP contribution in [0, 0.1) is 5.82 Å². The Bertz CT molecular complexity index is 607.